The van der Waals surface area contributed by atoms with E-state index in [0.29, 0.717) is 18.5 Å². The number of sulfonamides is 1. The lowest BCUT2D eigenvalue weighted by Crippen LogP contribution is -2.36. The van der Waals surface area contributed by atoms with E-state index < -0.39 is 21.9 Å². The van der Waals surface area contributed by atoms with E-state index in [2.05, 4.69) is 5.32 Å². The maximum atomic E-state index is 14.0. The predicted molar refractivity (Wildman–Crippen MR) is 99.0 cm³/mol. The van der Waals surface area contributed by atoms with Gasteiger partial charge < -0.3 is 11.1 Å². The molecule has 1 saturated heterocycles. The molecule has 1 amide bonds. The Bertz CT molecular complexity index is 688. The summed E-state index contributed by atoms with van der Waals surface area (Å²) in [6.07, 6.45) is 2.91. The first-order chi connectivity index (χ1) is 10.8. The average Bonchev–Trinajstić information content (AvgIpc) is 2.85. The molecule has 24 heavy (non-hydrogen) atoms. The molecule has 1 fully saturated rings. The van der Waals surface area contributed by atoms with Crippen molar-refractivity contribution in [2.45, 2.75) is 18.9 Å². The lowest BCUT2D eigenvalue weighted by atomic mass is 10.2. The predicted octanol–water partition coefficient (Wildman–Crippen LogP) is 1.81. The number of carbonyl (C=O) groups is 1. The molecule has 0 bridgehead atoms. The minimum Gasteiger partial charge on any atom is -0.325 e. The van der Waals surface area contributed by atoms with Crippen LogP contribution in [-0.2, 0) is 14.8 Å². The van der Waals surface area contributed by atoms with Gasteiger partial charge in [-0.05, 0) is 43.0 Å². The summed E-state index contributed by atoms with van der Waals surface area (Å²) in [5.41, 5.74) is 6.06. The van der Waals surface area contributed by atoms with Crippen molar-refractivity contribution >= 4 is 51.5 Å². The van der Waals surface area contributed by atoms with Gasteiger partial charge in [-0.15, -0.1) is 12.4 Å². The molecule has 0 aromatic heterocycles. The Kier molecular flexibility index (Phi) is 7.78. The van der Waals surface area contributed by atoms with E-state index in [4.69, 9.17) is 5.73 Å². The van der Waals surface area contributed by atoms with Crippen LogP contribution in [0.15, 0.2) is 18.2 Å². The first-order valence-corrected chi connectivity index (χ1v) is 10.2. The summed E-state index contributed by atoms with van der Waals surface area (Å²) in [5.74, 6) is -0.251. The highest BCUT2D eigenvalue weighted by molar-refractivity contribution is 7.98. The van der Waals surface area contributed by atoms with E-state index in [1.54, 1.807) is 11.8 Å². The number of anilines is 2. The van der Waals surface area contributed by atoms with Crippen molar-refractivity contribution in [1.82, 2.24) is 0 Å². The van der Waals surface area contributed by atoms with E-state index in [0.717, 1.165) is 16.1 Å². The first kappa shape index (κ1) is 21.0. The van der Waals surface area contributed by atoms with Gasteiger partial charge in [0, 0.05) is 12.2 Å². The summed E-state index contributed by atoms with van der Waals surface area (Å²) >= 11 is 1.59. The summed E-state index contributed by atoms with van der Waals surface area (Å²) < 4.78 is 38.9. The lowest BCUT2D eigenvalue weighted by Gasteiger charge is -2.19. The molecule has 0 unspecified atom stereocenters. The number of halogens is 2. The van der Waals surface area contributed by atoms with Crippen LogP contribution in [0.4, 0.5) is 15.8 Å². The van der Waals surface area contributed by atoms with E-state index in [-0.39, 0.29) is 36.3 Å². The van der Waals surface area contributed by atoms with E-state index in [9.17, 15) is 17.6 Å². The highest BCUT2D eigenvalue weighted by Gasteiger charge is 2.30. The number of benzene rings is 1. The molecule has 1 heterocycles. The van der Waals surface area contributed by atoms with Gasteiger partial charge in [-0.3, -0.25) is 9.10 Å². The van der Waals surface area contributed by atoms with Gasteiger partial charge in [0.25, 0.3) is 0 Å². The molecule has 10 heteroatoms. The molecule has 0 saturated carbocycles. The molecule has 0 aliphatic carbocycles. The van der Waals surface area contributed by atoms with Gasteiger partial charge in [-0.1, -0.05) is 0 Å². The molecule has 0 radical (unpaired) electrons. The fraction of sp³-hybridized carbons (Fsp3) is 0.500. The molecule has 6 nitrogen and oxygen atoms in total. The largest absolute Gasteiger partial charge is 0.325 e. The topological polar surface area (TPSA) is 92.5 Å². The minimum atomic E-state index is -3.48. The second-order valence-corrected chi connectivity index (χ2v) is 8.28. The molecule has 1 aliphatic heterocycles. The van der Waals surface area contributed by atoms with Crippen LogP contribution in [0, 0.1) is 5.82 Å². The number of nitrogens with two attached hydrogens (primary N) is 1. The van der Waals surface area contributed by atoms with Crippen molar-refractivity contribution in [2.24, 2.45) is 5.73 Å². The Morgan fingerprint density at radius 3 is 2.79 bits per heavy atom. The molecule has 136 valence electrons. The van der Waals surface area contributed by atoms with E-state index in [1.165, 1.54) is 12.1 Å². The SMILES string of the molecule is CSCC[C@H](N)C(=O)Nc1ccc(F)c(N2CCCS2(=O)=O)c1.Cl. The number of nitrogens with zero attached hydrogens (tertiary/aromatic N) is 1. The normalized spacial score (nSPS) is 17.2. The summed E-state index contributed by atoms with van der Waals surface area (Å²) in [6, 6.07) is 3.20. The smallest absolute Gasteiger partial charge is 0.241 e. The van der Waals surface area contributed by atoms with Crippen LogP contribution < -0.4 is 15.4 Å². The van der Waals surface area contributed by atoms with Crippen LogP contribution in [0.25, 0.3) is 0 Å². The average molecular weight is 398 g/mol. The fourth-order valence-electron chi connectivity index (χ4n) is 2.30. The molecular formula is C14H21ClFN3O3S2. The zero-order valence-corrected chi connectivity index (χ0v) is 15.6. The van der Waals surface area contributed by atoms with Crippen LogP contribution in [0.3, 0.4) is 0 Å². The molecule has 1 aliphatic rings. The Morgan fingerprint density at radius 2 is 2.21 bits per heavy atom. The fourth-order valence-corrected chi connectivity index (χ4v) is 4.35. The Balaban J connectivity index is 0.00000288. The second-order valence-electron chi connectivity index (χ2n) is 5.29. The van der Waals surface area contributed by atoms with Gasteiger partial charge >= 0.3 is 0 Å². The third-order valence-electron chi connectivity index (χ3n) is 3.55. The maximum Gasteiger partial charge on any atom is 0.241 e. The first-order valence-electron chi connectivity index (χ1n) is 7.20. The van der Waals surface area contributed by atoms with Crippen LogP contribution in [0.5, 0.6) is 0 Å². The van der Waals surface area contributed by atoms with Crippen molar-refractivity contribution in [3.63, 3.8) is 0 Å². The molecule has 1 aromatic carbocycles. The highest BCUT2D eigenvalue weighted by atomic mass is 35.5. The third-order valence-corrected chi connectivity index (χ3v) is 6.05. The van der Waals surface area contributed by atoms with Crippen LogP contribution >= 0.6 is 24.2 Å². The molecule has 0 spiro atoms. The second kappa shape index (κ2) is 8.89. The number of hydrogen-bond donors (Lipinski definition) is 2. The summed E-state index contributed by atoms with van der Waals surface area (Å²) in [5, 5.41) is 2.61. The van der Waals surface area contributed by atoms with E-state index >= 15 is 0 Å². The van der Waals surface area contributed by atoms with Crippen molar-refractivity contribution < 1.29 is 17.6 Å². The maximum absolute atomic E-state index is 14.0. The highest BCUT2D eigenvalue weighted by Crippen LogP contribution is 2.29. The number of hydrogen-bond acceptors (Lipinski definition) is 5. The number of amides is 1. The number of thioether (sulfide) groups is 1. The van der Waals surface area contributed by atoms with Crippen LogP contribution in [0.2, 0.25) is 0 Å². The molecule has 3 N–H and O–H groups in total. The Hall–Kier alpha value is -1.03. The Labute approximate surface area is 151 Å². The molecule has 1 atom stereocenters. The minimum absolute atomic E-state index is 0. The van der Waals surface area contributed by atoms with Gasteiger partial charge in [0.15, 0.2) is 0 Å². The number of rotatable bonds is 6. The monoisotopic (exact) mass is 397 g/mol. The third kappa shape index (κ3) is 4.98. The van der Waals surface area contributed by atoms with Crippen LogP contribution in [0.1, 0.15) is 12.8 Å². The van der Waals surface area contributed by atoms with Gasteiger partial charge in [-0.25, -0.2) is 12.8 Å². The molecule has 2 rings (SSSR count). The van der Waals surface area contributed by atoms with Crippen molar-refractivity contribution in [3.05, 3.63) is 24.0 Å². The van der Waals surface area contributed by atoms with E-state index in [1.807, 2.05) is 6.26 Å². The quantitative estimate of drug-likeness (QED) is 0.763. The number of nitrogens with one attached hydrogen (secondary N) is 1. The summed E-state index contributed by atoms with van der Waals surface area (Å²) in [4.78, 5) is 12.0. The number of carbonyl (C=O) groups excluding carboxylic acids is 1. The summed E-state index contributed by atoms with van der Waals surface area (Å²) in [7, 11) is -3.48. The van der Waals surface area contributed by atoms with Gasteiger partial charge in [0.2, 0.25) is 15.9 Å². The van der Waals surface area contributed by atoms with Crippen molar-refractivity contribution in [1.29, 1.82) is 0 Å². The Morgan fingerprint density at radius 1 is 1.50 bits per heavy atom. The lowest BCUT2D eigenvalue weighted by molar-refractivity contribution is -0.117. The zero-order valence-electron chi connectivity index (χ0n) is 13.2. The summed E-state index contributed by atoms with van der Waals surface area (Å²) in [6.45, 7) is 0.240. The van der Waals surface area contributed by atoms with Crippen LogP contribution in [-0.4, -0.2) is 44.7 Å². The standard InChI is InChI=1S/C14H20FN3O3S2.ClH/c1-22-7-5-12(16)14(19)17-10-3-4-11(15)13(9-10)18-6-2-8-23(18,20)21;/h3-4,9,12H,2,5-8,16H2,1H3,(H,17,19);1H/t12-;/m0./s1. The van der Waals surface area contributed by atoms with Crippen molar-refractivity contribution in [3.8, 4) is 0 Å². The van der Waals surface area contributed by atoms with Gasteiger partial charge in [-0.2, -0.15) is 11.8 Å². The van der Waals surface area contributed by atoms with Crippen molar-refractivity contribution in [2.75, 3.05) is 33.9 Å². The molecule has 1 aromatic rings. The zero-order chi connectivity index (χ0) is 17.0. The van der Waals surface area contributed by atoms with Gasteiger partial charge in [0.05, 0.1) is 17.5 Å². The van der Waals surface area contributed by atoms with Gasteiger partial charge in [0.1, 0.15) is 5.82 Å². The molecular weight excluding hydrogens is 377 g/mol.